The van der Waals surface area contributed by atoms with Crippen LogP contribution in [0, 0.1) is 6.92 Å². The average Bonchev–Trinajstić information content (AvgIpc) is 3.33. The van der Waals surface area contributed by atoms with Gasteiger partial charge in [-0.2, -0.15) is 0 Å². The van der Waals surface area contributed by atoms with E-state index in [1.54, 1.807) is 0 Å². The molecule has 5 rings (SSSR count). The molecule has 0 saturated carbocycles. The van der Waals surface area contributed by atoms with Crippen molar-refractivity contribution in [2.75, 3.05) is 11.1 Å². The van der Waals surface area contributed by atoms with E-state index in [1.165, 1.54) is 39.6 Å². The molecule has 0 radical (unpaired) electrons. The van der Waals surface area contributed by atoms with Crippen molar-refractivity contribution < 1.29 is 4.79 Å². The number of aryl methyl sites for hydroxylation is 1. The predicted octanol–water partition coefficient (Wildman–Crippen LogP) is 4.94. The fraction of sp³-hybridized carbons (Fsp3) is 0.160. The number of nitrogens with one attached hydrogen (secondary N) is 1. The summed E-state index contributed by atoms with van der Waals surface area (Å²) in [6.45, 7) is 2.62. The van der Waals surface area contributed by atoms with E-state index in [0.29, 0.717) is 6.54 Å². The number of aromatic nitrogens is 3. The minimum atomic E-state index is -0.0487. The molecule has 31 heavy (non-hydrogen) atoms. The molecule has 1 heterocycles. The first-order chi connectivity index (χ1) is 15.2. The lowest BCUT2D eigenvalue weighted by Gasteiger charge is -2.09. The van der Waals surface area contributed by atoms with Gasteiger partial charge in [-0.1, -0.05) is 72.4 Å². The second kappa shape index (κ2) is 8.40. The topological polar surface area (TPSA) is 59.8 Å². The number of carbonyl (C=O) groups excluding carboxylic acids is 1. The molecule has 1 aromatic heterocycles. The molecule has 0 unspecified atom stereocenters. The highest BCUT2D eigenvalue weighted by atomic mass is 32.2. The molecule has 0 aliphatic heterocycles. The largest absolute Gasteiger partial charge is 0.325 e. The third-order valence-electron chi connectivity index (χ3n) is 5.50. The summed E-state index contributed by atoms with van der Waals surface area (Å²) in [6.07, 6.45) is 0.909. The summed E-state index contributed by atoms with van der Waals surface area (Å²) < 4.78 is 2.04. The lowest BCUT2D eigenvalue weighted by atomic mass is 10.1. The van der Waals surface area contributed by atoms with Crippen LogP contribution in [0.5, 0.6) is 0 Å². The number of hydrogen-bond donors (Lipinski definition) is 1. The van der Waals surface area contributed by atoms with Gasteiger partial charge in [0.1, 0.15) is 5.82 Å². The van der Waals surface area contributed by atoms with E-state index in [-0.39, 0.29) is 11.7 Å². The van der Waals surface area contributed by atoms with Crippen molar-refractivity contribution in [3.8, 4) is 11.1 Å². The third kappa shape index (κ3) is 4.11. The van der Waals surface area contributed by atoms with Gasteiger partial charge in [-0.3, -0.25) is 4.79 Å². The second-order valence-electron chi connectivity index (χ2n) is 7.64. The Kier molecular flexibility index (Phi) is 5.30. The van der Waals surface area contributed by atoms with Crippen molar-refractivity contribution in [3.05, 3.63) is 95.3 Å². The van der Waals surface area contributed by atoms with Gasteiger partial charge in [0.2, 0.25) is 5.91 Å². The molecule has 6 heteroatoms. The lowest BCUT2D eigenvalue weighted by Crippen LogP contribution is -2.15. The SMILES string of the molecule is Cc1nnc(SCC(=O)Nc2ccc3c(c2)Cc2ccccc2-3)n1Cc1ccccc1. The Balaban J connectivity index is 1.23. The zero-order valence-corrected chi connectivity index (χ0v) is 18.0. The first kappa shape index (κ1) is 19.6. The van der Waals surface area contributed by atoms with Crippen LogP contribution in [-0.2, 0) is 17.8 Å². The van der Waals surface area contributed by atoms with Crippen molar-refractivity contribution in [1.82, 2.24) is 14.8 Å². The van der Waals surface area contributed by atoms with E-state index in [0.717, 1.165) is 23.1 Å². The van der Waals surface area contributed by atoms with Crippen LogP contribution < -0.4 is 5.32 Å². The molecule has 0 fully saturated rings. The van der Waals surface area contributed by atoms with Crippen LogP contribution >= 0.6 is 11.8 Å². The maximum Gasteiger partial charge on any atom is 0.234 e. The Morgan fingerprint density at radius 1 is 0.968 bits per heavy atom. The molecule has 1 aliphatic carbocycles. The first-order valence-corrected chi connectivity index (χ1v) is 11.2. The van der Waals surface area contributed by atoms with Crippen molar-refractivity contribution in [2.24, 2.45) is 0 Å². The summed E-state index contributed by atoms with van der Waals surface area (Å²) in [4.78, 5) is 12.6. The van der Waals surface area contributed by atoms with Gasteiger partial charge in [0.15, 0.2) is 5.16 Å². The van der Waals surface area contributed by atoms with Crippen molar-refractivity contribution in [1.29, 1.82) is 0 Å². The summed E-state index contributed by atoms with van der Waals surface area (Å²) in [5.41, 5.74) is 7.15. The van der Waals surface area contributed by atoms with Crippen LogP contribution in [0.25, 0.3) is 11.1 Å². The summed E-state index contributed by atoms with van der Waals surface area (Å²) in [6, 6.07) is 24.8. The fourth-order valence-electron chi connectivity index (χ4n) is 3.97. The highest BCUT2D eigenvalue weighted by molar-refractivity contribution is 7.99. The summed E-state index contributed by atoms with van der Waals surface area (Å²) in [7, 11) is 0. The monoisotopic (exact) mass is 426 g/mol. The lowest BCUT2D eigenvalue weighted by molar-refractivity contribution is -0.113. The highest BCUT2D eigenvalue weighted by Crippen LogP contribution is 2.37. The number of nitrogens with zero attached hydrogens (tertiary/aromatic N) is 3. The maximum atomic E-state index is 12.6. The maximum absolute atomic E-state index is 12.6. The number of benzene rings is 3. The molecular weight excluding hydrogens is 404 g/mol. The van der Waals surface area contributed by atoms with Gasteiger partial charge < -0.3 is 9.88 Å². The molecule has 0 spiro atoms. The Bertz CT molecular complexity index is 1250. The highest BCUT2D eigenvalue weighted by Gasteiger charge is 2.18. The van der Waals surface area contributed by atoms with Crippen LogP contribution in [0.1, 0.15) is 22.5 Å². The number of hydrogen-bond acceptors (Lipinski definition) is 4. The van der Waals surface area contributed by atoms with Crippen LogP contribution in [0.15, 0.2) is 78.0 Å². The predicted molar refractivity (Wildman–Crippen MR) is 124 cm³/mol. The van der Waals surface area contributed by atoms with Crippen LogP contribution in [0.4, 0.5) is 5.69 Å². The molecule has 1 aliphatic rings. The van der Waals surface area contributed by atoms with E-state index in [4.69, 9.17) is 0 Å². The van der Waals surface area contributed by atoms with E-state index in [1.807, 2.05) is 35.8 Å². The molecule has 4 aromatic rings. The van der Waals surface area contributed by atoms with Gasteiger partial charge in [-0.25, -0.2) is 0 Å². The number of amides is 1. The Morgan fingerprint density at radius 2 is 1.74 bits per heavy atom. The van der Waals surface area contributed by atoms with Crippen molar-refractivity contribution >= 4 is 23.4 Å². The molecule has 5 nitrogen and oxygen atoms in total. The Labute approximate surface area is 185 Å². The second-order valence-corrected chi connectivity index (χ2v) is 8.59. The van der Waals surface area contributed by atoms with Gasteiger partial charge in [0.25, 0.3) is 0 Å². The number of fused-ring (bicyclic) bond motifs is 3. The summed E-state index contributed by atoms with van der Waals surface area (Å²) in [5.74, 6) is 1.07. The molecule has 0 bridgehead atoms. The van der Waals surface area contributed by atoms with Gasteiger partial charge >= 0.3 is 0 Å². The van der Waals surface area contributed by atoms with Crippen LogP contribution in [0.3, 0.4) is 0 Å². The summed E-state index contributed by atoms with van der Waals surface area (Å²) in [5, 5.41) is 12.2. The minimum absolute atomic E-state index is 0.0487. The van der Waals surface area contributed by atoms with Crippen LogP contribution in [-0.4, -0.2) is 26.4 Å². The average molecular weight is 427 g/mol. The normalized spacial score (nSPS) is 11.8. The van der Waals surface area contributed by atoms with E-state index in [2.05, 4.69) is 64.0 Å². The number of carbonyl (C=O) groups is 1. The van der Waals surface area contributed by atoms with E-state index < -0.39 is 0 Å². The third-order valence-corrected chi connectivity index (χ3v) is 6.46. The quantitative estimate of drug-likeness (QED) is 0.391. The van der Waals surface area contributed by atoms with Gasteiger partial charge in [0.05, 0.1) is 12.3 Å². The standard InChI is InChI=1S/C25H22N4OS/c1-17-27-28-25(29(17)15-18-7-3-2-4-8-18)31-16-24(30)26-21-11-12-23-20(14-21)13-19-9-5-6-10-22(19)23/h2-12,14H,13,15-16H2,1H3,(H,26,30). The van der Waals surface area contributed by atoms with Crippen molar-refractivity contribution in [3.63, 3.8) is 0 Å². The van der Waals surface area contributed by atoms with E-state index in [9.17, 15) is 4.79 Å². The molecule has 1 amide bonds. The molecule has 0 atom stereocenters. The smallest absolute Gasteiger partial charge is 0.234 e. The van der Waals surface area contributed by atoms with Crippen LogP contribution in [0.2, 0.25) is 0 Å². The molecule has 154 valence electrons. The minimum Gasteiger partial charge on any atom is -0.325 e. The zero-order chi connectivity index (χ0) is 21.2. The molecule has 0 saturated heterocycles. The number of anilines is 1. The molecule has 3 aromatic carbocycles. The Morgan fingerprint density at radius 3 is 2.61 bits per heavy atom. The van der Waals surface area contributed by atoms with Gasteiger partial charge in [-0.15, -0.1) is 10.2 Å². The first-order valence-electron chi connectivity index (χ1n) is 10.2. The van der Waals surface area contributed by atoms with Gasteiger partial charge in [0, 0.05) is 5.69 Å². The Hall–Kier alpha value is -3.38. The summed E-state index contributed by atoms with van der Waals surface area (Å²) >= 11 is 1.41. The fourth-order valence-corrected chi connectivity index (χ4v) is 4.75. The number of rotatable bonds is 6. The van der Waals surface area contributed by atoms with Gasteiger partial charge in [-0.05, 0) is 53.3 Å². The number of thioether (sulfide) groups is 1. The van der Waals surface area contributed by atoms with Crippen molar-refractivity contribution in [2.45, 2.75) is 25.0 Å². The zero-order valence-electron chi connectivity index (χ0n) is 17.2. The molecule has 1 N–H and O–H groups in total. The van der Waals surface area contributed by atoms with E-state index >= 15 is 0 Å². The molecular formula is C25H22N4OS.